The molecule has 30 heavy (non-hydrogen) atoms. The highest BCUT2D eigenvalue weighted by Crippen LogP contribution is 2.39. The highest BCUT2D eigenvalue weighted by atomic mass is 19.4. The number of rotatable bonds is 3. The summed E-state index contributed by atoms with van der Waals surface area (Å²) in [4.78, 5) is 23.9. The van der Waals surface area contributed by atoms with E-state index >= 15 is 0 Å². The fourth-order valence-corrected chi connectivity index (χ4v) is 3.01. The largest absolute Gasteiger partial charge is 0.453 e. The van der Waals surface area contributed by atoms with Gasteiger partial charge in [-0.25, -0.2) is 0 Å². The predicted molar refractivity (Wildman–Crippen MR) is 103 cm³/mol. The number of hydrogen-bond donors (Lipinski definition) is 0. The van der Waals surface area contributed by atoms with Crippen LogP contribution in [0.1, 0.15) is 12.7 Å². The van der Waals surface area contributed by atoms with Crippen LogP contribution < -0.4 is 14.9 Å². The zero-order chi connectivity index (χ0) is 21.5. The van der Waals surface area contributed by atoms with Crippen molar-refractivity contribution in [1.29, 1.82) is 0 Å². The Hall–Kier alpha value is -3.81. The summed E-state index contributed by atoms with van der Waals surface area (Å²) >= 11 is 0. The van der Waals surface area contributed by atoms with Gasteiger partial charge in [-0.3, -0.25) is 9.59 Å². The number of esters is 1. The molecule has 0 bridgehead atoms. The summed E-state index contributed by atoms with van der Waals surface area (Å²) in [6.45, 7) is 1.14. The second-order valence-electron chi connectivity index (χ2n) is 6.45. The molecule has 4 rings (SSSR count). The Kier molecular flexibility index (Phi) is 4.69. The first-order valence-electron chi connectivity index (χ1n) is 8.75. The summed E-state index contributed by atoms with van der Waals surface area (Å²) in [5.41, 5.74) is -1.37. The van der Waals surface area contributed by atoms with E-state index in [0.717, 1.165) is 23.8 Å². The lowest BCUT2D eigenvalue weighted by Crippen LogP contribution is -2.15. The maximum atomic E-state index is 13.6. The van der Waals surface area contributed by atoms with Gasteiger partial charge in [0, 0.05) is 13.0 Å². The summed E-state index contributed by atoms with van der Waals surface area (Å²) in [5, 5.41) is 1.46. The van der Waals surface area contributed by atoms with Crippen LogP contribution >= 0.6 is 0 Å². The van der Waals surface area contributed by atoms with Crippen molar-refractivity contribution in [2.45, 2.75) is 13.1 Å². The van der Waals surface area contributed by atoms with Crippen molar-refractivity contribution in [2.24, 2.45) is 0 Å². The average Bonchev–Trinajstić information content (AvgIpc) is 2.68. The molecule has 4 aromatic rings. The van der Waals surface area contributed by atoms with Gasteiger partial charge >= 0.3 is 12.1 Å². The smallest absolute Gasteiger partial charge is 0.449 e. The molecule has 0 amide bonds. The van der Waals surface area contributed by atoms with Gasteiger partial charge in [0.2, 0.25) is 11.2 Å². The third kappa shape index (κ3) is 3.71. The van der Waals surface area contributed by atoms with Crippen LogP contribution in [-0.4, -0.2) is 5.97 Å². The summed E-state index contributed by atoms with van der Waals surface area (Å²) < 4.78 is 56.1. The number of hydrogen-bond acceptors (Lipinski definition) is 5. The van der Waals surface area contributed by atoms with Crippen LogP contribution in [0.4, 0.5) is 13.2 Å². The molecule has 1 heterocycles. The first kappa shape index (κ1) is 19.5. The topological polar surface area (TPSA) is 65.7 Å². The van der Waals surface area contributed by atoms with E-state index in [1.165, 1.54) is 24.3 Å². The van der Waals surface area contributed by atoms with Gasteiger partial charge in [-0.1, -0.05) is 30.3 Å². The van der Waals surface area contributed by atoms with E-state index in [0.29, 0.717) is 0 Å². The maximum absolute atomic E-state index is 13.6. The Balaban J connectivity index is 1.87. The van der Waals surface area contributed by atoms with E-state index in [4.69, 9.17) is 13.9 Å². The highest BCUT2D eigenvalue weighted by Gasteiger charge is 2.40. The fraction of sp³-hybridized carbons (Fsp3) is 0.0909. The van der Waals surface area contributed by atoms with Gasteiger partial charge in [0.1, 0.15) is 17.1 Å². The summed E-state index contributed by atoms with van der Waals surface area (Å²) in [6.07, 6.45) is -4.99. The number of benzene rings is 3. The molecule has 0 saturated carbocycles. The first-order chi connectivity index (χ1) is 14.2. The lowest BCUT2D eigenvalue weighted by Gasteiger charge is -2.14. The molecule has 0 aliphatic carbocycles. The third-order valence-corrected chi connectivity index (χ3v) is 4.28. The van der Waals surface area contributed by atoms with E-state index < -0.39 is 29.1 Å². The monoisotopic (exact) mass is 414 g/mol. The Labute approximate surface area is 167 Å². The van der Waals surface area contributed by atoms with Crippen molar-refractivity contribution in [2.75, 3.05) is 0 Å². The van der Waals surface area contributed by atoms with E-state index in [1.807, 2.05) is 12.1 Å². The van der Waals surface area contributed by atoms with E-state index in [1.54, 1.807) is 18.2 Å². The zero-order valence-electron chi connectivity index (χ0n) is 15.4. The second-order valence-corrected chi connectivity index (χ2v) is 6.45. The quantitative estimate of drug-likeness (QED) is 0.319. The molecular weight excluding hydrogens is 401 g/mol. The molecule has 0 N–H and O–H groups in total. The molecule has 8 heteroatoms. The third-order valence-electron chi connectivity index (χ3n) is 4.28. The molecule has 0 unspecified atom stereocenters. The molecule has 5 nitrogen and oxygen atoms in total. The number of carbonyl (C=O) groups excluding carboxylic acids is 1. The Bertz CT molecular complexity index is 1340. The molecule has 0 radical (unpaired) electrons. The molecule has 0 spiro atoms. The maximum Gasteiger partial charge on any atom is 0.453 e. The van der Waals surface area contributed by atoms with Crippen LogP contribution in [0.15, 0.2) is 69.9 Å². The van der Waals surface area contributed by atoms with Gasteiger partial charge in [-0.15, -0.1) is 0 Å². The van der Waals surface area contributed by atoms with E-state index in [2.05, 4.69) is 0 Å². The molecule has 152 valence electrons. The second kappa shape index (κ2) is 7.22. The average molecular weight is 414 g/mol. The summed E-state index contributed by atoms with van der Waals surface area (Å²) in [5.74, 6) is -3.19. The summed E-state index contributed by atoms with van der Waals surface area (Å²) in [7, 11) is 0. The molecule has 0 aliphatic heterocycles. The van der Waals surface area contributed by atoms with Crippen LogP contribution in [0.3, 0.4) is 0 Å². The number of carbonyl (C=O) groups is 1. The van der Waals surface area contributed by atoms with Gasteiger partial charge in [0.15, 0.2) is 0 Å². The predicted octanol–water partition coefficient (Wildman–Crippen LogP) is 5.68. The van der Waals surface area contributed by atoms with Crippen molar-refractivity contribution in [3.63, 3.8) is 0 Å². The number of halogens is 3. The van der Waals surface area contributed by atoms with Crippen LogP contribution in [0, 0.1) is 0 Å². The molecule has 0 atom stereocenters. The highest BCUT2D eigenvalue weighted by molar-refractivity contribution is 5.84. The Morgan fingerprint density at radius 3 is 2.33 bits per heavy atom. The Morgan fingerprint density at radius 1 is 0.933 bits per heavy atom. The van der Waals surface area contributed by atoms with Crippen LogP contribution in [0.25, 0.3) is 21.7 Å². The molecular formula is C22H13F3O5. The normalized spacial score (nSPS) is 11.6. The van der Waals surface area contributed by atoms with Crippen molar-refractivity contribution in [1.82, 2.24) is 0 Å². The van der Waals surface area contributed by atoms with Gasteiger partial charge in [-0.2, -0.15) is 13.2 Å². The Morgan fingerprint density at radius 2 is 1.63 bits per heavy atom. The fourth-order valence-electron chi connectivity index (χ4n) is 3.01. The van der Waals surface area contributed by atoms with E-state index in [-0.39, 0.29) is 22.5 Å². The first-order valence-corrected chi connectivity index (χ1v) is 8.75. The van der Waals surface area contributed by atoms with Crippen LogP contribution in [0.2, 0.25) is 0 Å². The van der Waals surface area contributed by atoms with Gasteiger partial charge in [-0.05, 0) is 35.0 Å². The van der Waals surface area contributed by atoms with Crippen LogP contribution in [0.5, 0.6) is 17.2 Å². The van der Waals surface area contributed by atoms with Gasteiger partial charge in [0.25, 0.3) is 5.76 Å². The standard InChI is InChI=1S/C22H13F3O5/c1-12(26)28-16-8-9-17-18(11-16)30-21(22(23,24)25)20(19(17)27)29-15-7-6-13-4-2-3-5-14(13)10-15/h2-11H,1H3. The van der Waals surface area contributed by atoms with Gasteiger partial charge < -0.3 is 13.9 Å². The van der Waals surface area contributed by atoms with Crippen molar-refractivity contribution < 1.29 is 31.9 Å². The molecule has 1 aromatic heterocycles. The molecule has 0 aliphatic rings. The van der Waals surface area contributed by atoms with Crippen molar-refractivity contribution in [3.8, 4) is 17.2 Å². The number of ether oxygens (including phenoxy) is 2. The SMILES string of the molecule is CC(=O)Oc1ccc2c(=O)c(Oc3ccc4ccccc4c3)c(C(F)(F)F)oc2c1. The summed E-state index contributed by atoms with van der Waals surface area (Å²) in [6, 6.07) is 15.4. The lowest BCUT2D eigenvalue weighted by molar-refractivity contribution is -0.154. The van der Waals surface area contributed by atoms with Crippen molar-refractivity contribution >= 4 is 27.7 Å². The molecule has 0 fully saturated rings. The zero-order valence-corrected chi connectivity index (χ0v) is 15.4. The number of fused-ring (bicyclic) bond motifs is 2. The van der Waals surface area contributed by atoms with Crippen LogP contribution in [-0.2, 0) is 11.0 Å². The van der Waals surface area contributed by atoms with E-state index in [9.17, 15) is 22.8 Å². The van der Waals surface area contributed by atoms with Gasteiger partial charge in [0.05, 0.1) is 5.39 Å². The minimum absolute atomic E-state index is 0.0468. The molecule has 0 saturated heterocycles. The number of alkyl halides is 3. The van der Waals surface area contributed by atoms with Crippen molar-refractivity contribution in [3.05, 3.63) is 76.6 Å². The molecule has 3 aromatic carbocycles. The minimum Gasteiger partial charge on any atom is -0.449 e. The minimum atomic E-state index is -4.99. The lowest BCUT2D eigenvalue weighted by atomic mass is 10.1.